The Kier molecular flexibility index (Phi) is 3.06. The molecule has 0 bridgehead atoms. The van der Waals surface area contributed by atoms with E-state index in [2.05, 4.69) is 0 Å². The first-order valence-electron chi connectivity index (χ1n) is 4.35. The summed E-state index contributed by atoms with van der Waals surface area (Å²) in [5.74, 6) is -3.43. The van der Waals surface area contributed by atoms with Crippen molar-refractivity contribution in [3.05, 3.63) is 29.3 Å². The van der Waals surface area contributed by atoms with Crippen molar-refractivity contribution in [2.24, 2.45) is 5.73 Å². The van der Waals surface area contributed by atoms with Gasteiger partial charge in [0.15, 0.2) is 0 Å². The van der Waals surface area contributed by atoms with Crippen LogP contribution in [0.15, 0.2) is 18.2 Å². The Morgan fingerprint density at radius 2 is 2.07 bits per heavy atom. The molecule has 0 saturated heterocycles. The minimum atomic E-state index is -3.05. The van der Waals surface area contributed by atoms with Gasteiger partial charge in [0.2, 0.25) is 0 Å². The third-order valence-corrected chi connectivity index (χ3v) is 2.00. The van der Waals surface area contributed by atoms with Crippen molar-refractivity contribution >= 4 is 0 Å². The second-order valence-electron chi connectivity index (χ2n) is 3.26. The van der Waals surface area contributed by atoms with Crippen LogP contribution in [0.1, 0.15) is 17.5 Å². The van der Waals surface area contributed by atoms with E-state index in [0.29, 0.717) is 5.56 Å². The van der Waals surface area contributed by atoms with Gasteiger partial charge >= 0.3 is 0 Å². The van der Waals surface area contributed by atoms with E-state index in [0.717, 1.165) is 0 Å². The molecule has 4 heteroatoms. The highest BCUT2D eigenvalue weighted by Crippen LogP contribution is 2.37. The number of hydrogen-bond donors (Lipinski definition) is 2. The normalized spacial score (nSPS) is 11.7. The molecule has 0 aliphatic rings. The van der Waals surface area contributed by atoms with Crippen molar-refractivity contribution in [3.8, 4) is 5.75 Å². The van der Waals surface area contributed by atoms with Crippen molar-refractivity contribution in [2.75, 3.05) is 6.54 Å². The van der Waals surface area contributed by atoms with Crippen LogP contribution in [0.2, 0.25) is 0 Å². The first kappa shape index (κ1) is 10.9. The molecule has 0 aromatic heterocycles. The molecular weight excluding hydrogens is 188 g/mol. The minimum Gasteiger partial charge on any atom is -0.507 e. The summed E-state index contributed by atoms with van der Waals surface area (Å²) >= 11 is 0. The fourth-order valence-electron chi connectivity index (χ4n) is 1.26. The maximum Gasteiger partial charge on any atom is 0.278 e. The number of nitrogens with two attached hydrogens (primary N) is 1. The van der Waals surface area contributed by atoms with Gasteiger partial charge < -0.3 is 10.8 Å². The number of alkyl halides is 2. The number of phenols is 1. The molecule has 1 aromatic rings. The molecule has 0 amide bonds. The lowest BCUT2D eigenvalue weighted by Crippen LogP contribution is -2.18. The third kappa shape index (κ3) is 2.20. The van der Waals surface area contributed by atoms with E-state index in [1.807, 2.05) is 0 Å². The van der Waals surface area contributed by atoms with Crippen molar-refractivity contribution in [3.63, 3.8) is 0 Å². The molecule has 78 valence electrons. The molecule has 1 aromatic carbocycles. The van der Waals surface area contributed by atoms with E-state index in [1.165, 1.54) is 12.1 Å². The monoisotopic (exact) mass is 201 g/mol. The third-order valence-electron chi connectivity index (χ3n) is 2.00. The Morgan fingerprint density at radius 3 is 2.64 bits per heavy atom. The van der Waals surface area contributed by atoms with Crippen molar-refractivity contribution in [1.29, 1.82) is 0 Å². The largest absolute Gasteiger partial charge is 0.507 e. The number of phenolic OH excluding ortho intramolecular Hbond substituents is 1. The van der Waals surface area contributed by atoms with Gasteiger partial charge in [-0.3, -0.25) is 0 Å². The Balaban J connectivity index is 3.10. The SMILES string of the molecule is Cc1ccc(O)c(C(F)(F)CCN)c1. The van der Waals surface area contributed by atoms with Crippen LogP contribution in [0.4, 0.5) is 8.78 Å². The lowest BCUT2D eigenvalue weighted by Gasteiger charge is -2.17. The van der Waals surface area contributed by atoms with E-state index in [9.17, 15) is 13.9 Å². The summed E-state index contributed by atoms with van der Waals surface area (Å²) in [6, 6.07) is 4.14. The van der Waals surface area contributed by atoms with Crippen molar-refractivity contribution in [1.82, 2.24) is 0 Å². The van der Waals surface area contributed by atoms with E-state index in [-0.39, 0.29) is 17.9 Å². The first-order chi connectivity index (χ1) is 6.47. The Hall–Kier alpha value is -1.16. The quantitative estimate of drug-likeness (QED) is 0.787. The van der Waals surface area contributed by atoms with Gasteiger partial charge in [-0.15, -0.1) is 0 Å². The highest BCUT2D eigenvalue weighted by Gasteiger charge is 2.33. The van der Waals surface area contributed by atoms with Crippen LogP contribution in [0.5, 0.6) is 5.75 Å². The lowest BCUT2D eigenvalue weighted by molar-refractivity contribution is -0.0127. The van der Waals surface area contributed by atoms with Gasteiger partial charge in [-0.2, -0.15) is 0 Å². The molecule has 0 fully saturated rings. The summed E-state index contributed by atoms with van der Waals surface area (Å²) in [6.45, 7) is 1.59. The molecule has 0 atom stereocenters. The fourth-order valence-corrected chi connectivity index (χ4v) is 1.26. The maximum absolute atomic E-state index is 13.4. The number of benzene rings is 1. The summed E-state index contributed by atoms with van der Waals surface area (Å²) in [5.41, 5.74) is 5.42. The van der Waals surface area contributed by atoms with Crippen LogP contribution in [0.3, 0.4) is 0 Å². The van der Waals surface area contributed by atoms with Gasteiger partial charge in [0.05, 0.1) is 5.56 Å². The smallest absolute Gasteiger partial charge is 0.278 e. The van der Waals surface area contributed by atoms with E-state index in [1.54, 1.807) is 13.0 Å². The molecule has 0 spiro atoms. The van der Waals surface area contributed by atoms with Gasteiger partial charge in [0, 0.05) is 6.42 Å². The summed E-state index contributed by atoms with van der Waals surface area (Å²) in [5, 5.41) is 9.28. The fraction of sp³-hybridized carbons (Fsp3) is 0.400. The van der Waals surface area contributed by atoms with Gasteiger partial charge in [-0.05, 0) is 25.6 Å². The summed E-state index contributed by atoms with van der Waals surface area (Å²) in [7, 11) is 0. The standard InChI is InChI=1S/C10H13F2NO/c1-7-2-3-9(14)8(6-7)10(11,12)4-5-13/h2-3,6,14H,4-5,13H2,1H3. The molecule has 0 aliphatic carbocycles. The molecule has 14 heavy (non-hydrogen) atoms. The number of rotatable bonds is 3. The average Bonchev–Trinajstić information content (AvgIpc) is 2.09. The van der Waals surface area contributed by atoms with Gasteiger partial charge in [-0.1, -0.05) is 11.6 Å². The van der Waals surface area contributed by atoms with Crippen LogP contribution in [-0.2, 0) is 5.92 Å². The van der Waals surface area contributed by atoms with Crippen LogP contribution in [-0.4, -0.2) is 11.7 Å². The van der Waals surface area contributed by atoms with E-state index >= 15 is 0 Å². The minimum absolute atomic E-state index is 0.111. The molecule has 2 nitrogen and oxygen atoms in total. The number of aromatic hydroxyl groups is 1. The lowest BCUT2D eigenvalue weighted by atomic mass is 10.0. The molecule has 0 radical (unpaired) electrons. The predicted octanol–water partition coefficient (Wildman–Crippen LogP) is 2.14. The highest BCUT2D eigenvalue weighted by molar-refractivity contribution is 5.38. The molecule has 0 unspecified atom stereocenters. The van der Waals surface area contributed by atoms with Crippen LogP contribution in [0, 0.1) is 6.92 Å². The van der Waals surface area contributed by atoms with Crippen molar-refractivity contribution < 1.29 is 13.9 Å². The zero-order valence-electron chi connectivity index (χ0n) is 7.93. The van der Waals surface area contributed by atoms with Crippen LogP contribution in [0.25, 0.3) is 0 Å². The maximum atomic E-state index is 13.4. The second kappa shape index (κ2) is 3.92. The predicted molar refractivity (Wildman–Crippen MR) is 50.4 cm³/mol. The van der Waals surface area contributed by atoms with E-state index in [4.69, 9.17) is 5.73 Å². The van der Waals surface area contributed by atoms with Gasteiger partial charge in [-0.25, -0.2) is 8.78 Å². The number of halogens is 2. The summed E-state index contributed by atoms with van der Waals surface area (Å²) < 4.78 is 26.7. The van der Waals surface area contributed by atoms with Gasteiger partial charge in [0.1, 0.15) is 5.75 Å². The molecule has 0 heterocycles. The molecule has 0 saturated carbocycles. The first-order valence-corrected chi connectivity index (χ1v) is 4.35. The Bertz CT molecular complexity index is 326. The number of aryl methyl sites for hydroxylation is 1. The number of hydrogen-bond acceptors (Lipinski definition) is 2. The Labute approximate surface area is 81.4 Å². The Morgan fingerprint density at radius 1 is 1.43 bits per heavy atom. The zero-order valence-corrected chi connectivity index (χ0v) is 7.93. The average molecular weight is 201 g/mol. The second-order valence-corrected chi connectivity index (χ2v) is 3.26. The van der Waals surface area contributed by atoms with E-state index < -0.39 is 12.3 Å². The van der Waals surface area contributed by atoms with Crippen LogP contribution < -0.4 is 5.73 Å². The highest BCUT2D eigenvalue weighted by atomic mass is 19.3. The van der Waals surface area contributed by atoms with Crippen LogP contribution >= 0.6 is 0 Å². The summed E-state index contributed by atoms with van der Waals surface area (Å²) in [6.07, 6.45) is -0.454. The molecule has 1 rings (SSSR count). The van der Waals surface area contributed by atoms with Gasteiger partial charge in [0.25, 0.3) is 5.92 Å². The van der Waals surface area contributed by atoms with Crippen molar-refractivity contribution in [2.45, 2.75) is 19.3 Å². The molecule has 3 N–H and O–H groups in total. The molecule has 0 aliphatic heterocycles. The molecular formula is C10H13F2NO. The zero-order chi connectivity index (χ0) is 10.8. The summed E-state index contributed by atoms with van der Waals surface area (Å²) in [4.78, 5) is 0. The topological polar surface area (TPSA) is 46.2 Å².